The first-order valence-electron chi connectivity index (χ1n) is 10.0. The van der Waals surface area contributed by atoms with Gasteiger partial charge in [0.1, 0.15) is 6.04 Å². The molecule has 162 valence electrons. The number of hydrogen-bond donors (Lipinski definition) is 1. The first-order valence-corrected chi connectivity index (χ1v) is 10.9. The number of ether oxygens (including phenoxy) is 1. The molecule has 0 spiro atoms. The highest BCUT2D eigenvalue weighted by Gasteiger charge is 2.44. The lowest BCUT2D eigenvalue weighted by molar-refractivity contribution is -0.130. The van der Waals surface area contributed by atoms with Crippen molar-refractivity contribution in [2.24, 2.45) is 0 Å². The van der Waals surface area contributed by atoms with E-state index in [0.29, 0.717) is 16.1 Å². The second-order valence-electron chi connectivity index (χ2n) is 7.08. The molecule has 0 bridgehead atoms. The number of thiophene rings is 1. The molecule has 3 heterocycles. The molecule has 1 aromatic carbocycles. The minimum absolute atomic E-state index is 0.0132. The van der Waals surface area contributed by atoms with Crippen molar-refractivity contribution in [3.63, 3.8) is 0 Å². The summed E-state index contributed by atoms with van der Waals surface area (Å²) in [5.74, 6) is -2.04. The van der Waals surface area contributed by atoms with E-state index in [0.717, 1.165) is 5.56 Å². The van der Waals surface area contributed by atoms with Crippen molar-refractivity contribution < 1.29 is 24.2 Å². The van der Waals surface area contributed by atoms with Crippen LogP contribution in [0.25, 0.3) is 0 Å². The van der Waals surface area contributed by atoms with E-state index in [9.17, 15) is 19.5 Å². The number of pyridine rings is 1. The van der Waals surface area contributed by atoms with Crippen LogP contribution in [0.2, 0.25) is 0 Å². The van der Waals surface area contributed by atoms with Gasteiger partial charge in [-0.25, -0.2) is 4.79 Å². The van der Waals surface area contributed by atoms with Gasteiger partial charge in [-0.3, -0.25) is 14.6 Å². The van der Waals surface area contributed by atoms with E-state index in [1.54, 1.807) is 73.1 Å². The molecule has 4 rings (SSSR count). The summed E-state index contributed by atoms with van der Waals surface area (Å²) >= 11 is 1.24. The number of nitrogens with zero attached hydrogens (tertiary/aromatic N) is 2. The molecule has 2 aromatic heterocycles. The first-order chi connectivity index (χ1) is 15.5. The van der Waals surface area contributed by atoms with E-state index in [1.807, 2.05) is 0 Å². The smallest absolute Gasteiger partial charge is 0.338 e. The Labute approximate surface area is 188 Å². The predicted octanol–water partition coefficient (Wildman–Crippen LogP) is 4.10. The SMILES string of the molecule is CCOC(=O)c1ccc(CN2C(=O)C(O)=C(C(=O)c3cccs3)C2c2ccccn2)cc1. The van der Waals surface area contributed by atoms with Crippen molar-refractivity contribution >= 4 is 29.0 Å². The minimum atomic E-state index is -0.831. The van der Waals surface area contributed by atoms with Crippen LogP contribution in [0, 0.1) is 0 Å². The Morgan fingerprint density at radius 1 is 1.12 bits per heavy atom. The van der Waals surface area contributed by atoms with Crippen LogP contribution in [0.4, 0.5) is 0 Å². The molecule has 0 radical (unpaired) electrons. The van der Waals surface area contributed by atoms with Gasteiger partial charge in [0.2, 0.25) is 5.78 Å². The zero-order valence-electron chi connectivity index (χ0n) is 17.2. The molecule has 3 aromatic rings. The third-order valence-corrected chi connectivity index (χ3v) is 5.95. The van der Waals surface area contributed by atoms with E-state index in [1.165, 1.54) is 16.2 Å². The van der Waals surface area contributed by atoms with Gasteiger partial charge in [-0.05, 0) is 48.2 Å². The van der Waals surface area contributed by atoms with Gasteiger partial charge < -0.3 is 14.7 Å². The third kappa shape index (κ3) is 4.04. The number of hydrogen-bond acceptors (Lipinski definition) is 7. The summed E-state index contributed by atoms with van der Waals surface area (Å²) in [5, 5.41) is 12.4. The molecule has 0 aliphatic carbocycles. The fraction of sp³-hybridized carbons (Fsp3) is 0.167. The van der Waals surface area contributed by atoms with Crippen LogP contribution in [0.15, 0.2) is 77.5 Å². The molecular formula is C24H20N2O5S. The Morgan fingerprint density at radius 3 is 2.53 bits per heavy atom. The predicted molar refractivity (Wildman–Crippen MR) is 118 cm³/mol. The maximum Gasteiger partial charge on any atom is 0.338 e. The summed E-state index contributed by atoms with van der Waals surface area (Å²) in [4.78, 5) is 44.2. The number of carbonyl (C=O) groups is 3. The lowest BCUT2D eigenvalue weighted by atomic mass is 9.98. The van der Waals surface area contributed by atoms with Gasteiger partial charge >= 0.3 is 5.97 Å². The second-order valence-corrected chi connectivity index (χ2v) is 8.02. The van der Waals surface area contributed by atoms with Crippen LogP contribution in [-0.4, -0.2) is 39.3 Å². The summed E-state index contributed by atoms with van der Waals surface area (Å²) in [6.07, 6.45) is 1.58. The third-order valence-electron chi connectivity index (χ3n) is 5.08. The molecule has 8 heteroatoms. The highest BCUT2D eigenvalue weighted by Crippen LogP contribution is 2.39. The highest BCUT2D eigenvalue weighted by atomic mass is 32.1. The summed E-state index contributed by atoms with van der Waals surface area (Å²) in [7, 11) is 0. The van der Waals surface area contributed by atoms with Gasteiger partial charge in [-0.1, -0.05) is 24.3 Å². The molecule has 1 N–H and O–H groups in total. The molecule has 1 aliphatic rings. The average Bonchev–Trinajstić information content (AvgIpc) is 3.43. The molecule has 1 aliphatic heterocycles. The first kappa shape index (κ1) is 21.5. The topological polar surface area (TPSA) is 96.8 Å². The number of esters is 1. The number of benzene rings is 1. The molecule has 1 unspecified atom stereocenters. The normalized spacial score (nSPS) is 15.8. The van der Waals surface area contributed by atoms with E-state index in [4.69, 9.17) is 4.74 Å². The fourth-order valence-corrected chi connectivity index (χ4v) is 4.27. The quantitative estimate of drug-likeness (QED) is 0.432. The Bertz CT molecular complexity index is 1170. The highest BCUT2D eigenvalue weighted by molar-refractivity contribution is 7.12. The zero-order valence-corrected chi connectivity index (χ0v) is 18.0. The number of carbonyl (C=O) groups excluding carboxylic acids is 3. The summed E-state index contributed by atoms with van der Waals surface area (Å²) in [6, 6.07) is 14.5. The summed E-state index contributed by atoms with van der Waals surface area (Å²) in [5.41, 5.74) is 1.62. The molecular weight excluding hydrogens is 428 g/mol. The summed E-state index contributed by atoms with van der Waals surface area (Å²) < 4.78 is 5.00. The Hall–Kier alpha value is -3.78. The van der Waals surface area contributed by atoms with Crippen LogP contribution in [0.1, 0.15) is 44.3 Å². The monoisotopic (exact) mass is 448 g/mol. The fourth-order valence-electron chi connectivity index (χ4n) is 3.59. The second kappa shape index (κ2) is 9.15. The Morgan fingerprint density at radius 2 is 1.91 bits per heavy atom. The average molecular weight is 449 g/mol. The van der Waals surface area contributed by atoms with Crippen LogP contribution in [-0.2, 0) is 16.1 Å². The van der Waals surface area contributed by atoms with Gasteiger partial charge in [0, 0.05) is 12.7 Å². The van der Waals surface area contributed by atoms with Crippen molar-refractivity contribution in [3.05, 3.63) is 99.2 Å². The van der Waals surface area contributed by atoms with E-state index >= 15 is 0 Å². The molecule has 1 amide bonds. The maximum absolute atomic E-state index is 13.2. The van der Waals surface area contributed by atoms with Gasteiger partial charge in [-0.15, -0.1) is 11.3 Å². The number of Topliss-reactive ketones (excluding diaryl/α,β-unsaturated/α-hetero) is 1. The van der Waals surface area contributed by atoms with Gasteiger partial charge in [0.25, 0.3) is 5.91 Å². The number of aliphatic hydroxyl groups excluding tert-OH is 1. The standard InChI is InChI=1S/C24H20N2O5S/c1-2-31-24(30)16-10-8-15(9-11-16)14-26-20(17-6-3-4-12-25-17)19(22(28)23(26)29)21(27)18-7-5-13-32-18/h3-13,20,28H,2,14H2,1H3. The number of aliphatic hydroxyl groups is 1. The van der Waals surface area contributed by atoms with Crippen molar-refractivity contribution in [3.8, 4) is 0 Å². The molecule has 7 nitrogen and oxygen atoms in total. The largest absolute Gasteiger partial charge is 0.503 e. The van der Waals surface area contributed by atoms with E-state index in [-0.39, 0.29) is 18.7 Å². The van der Waals surface area contributed by atoms with Gasteiger partial charge in [0.05, 0.1) is 28.3 Å². The lowest BCUT2D eigenvalue weighted by Crippen LogP contribution is -2.31. The van der Waals surface area contributed by atoms with Crippen LogP contribution in [0.3, 0.4) is 0 Å². The van der Waals surface area contributed by atoms with Crippen LogP contribution < -0.4 is 0 Å². The number of rotatable bonds is 7. The summed E-state index contributed by atoms with van der Waals surface area (Å²) in [6.45, 7) is 2.13. The molecule has 0 saturated carbocycles. The maximum atomic E-state index is 13.2. The Kier molecular flexibility index (Phi) is 6.13. The number of amides is 1. The van der Waals surface area contributed by atoms with Crippen LogP contribution in [0.5, 0.6) is 0 Å². The van der Waals surface area contributed by atoms with E-state index < -0.39 is 29.5 Å². The van der Waals surface area contributed by atoms with Crippen molar-refractivity contribution in [2.75, 3.05) is 6.61 Å². The molecule has 32 heavy (non-hydrogen) atoms. The van der Waals surface area contributed by atoms with E-state index in [2.05, 4.69) is 4.98 Å². The lowest BCUT2D eigenvalue weighted by Gasteiger charge is -2.26. The zero-order chi connectivity index (χ0) is 22.7. The number of aromatic nitrogens is 1. The van der Waals surface area contributed by atoms with Gasteiger partial charge in [0.15, 0.2) is 5.76 Å². The van der Waals surface area contributed by atoms with Crippen LogP contribution >= 0.6 is 11.3 Å². The van der Waals surface area contributed by atoms with Crippen molar-refractivity contribution in [1.29, 1.82) is 0 Å². The number of ketones is 1. The molecule has 0 saturated heterocycles. The minimum Gasteiger partial charge on any atom is -0.503 e. The molecule has 0 fully saturated rings. The molecule has 1 atom stereocenters. The van der Waals surface area contributed by atoms with Crippen molar-refractivity contribution in [1.82, 2.24) is 9.88 Å². The van der Waals surface area contributed by atoms with Crippen molar-refractivity contribution in [2.45, 2.75) is 19.5 Å². The Balaban J connectivity index is 1.68. The van der Waals surface area contributed by atoms with Gasteiger partial charge in [-0.2, -0.15) is 0 Å².